The molecular weight excluding hydrogens is 263 g/mol. The first-order chi connectivity index (χ1) is 7.95. The number of halogens is 2. The Morgan fingerprint density at radius 1 is 1.53 bits per heavy atom. The molecule has 3 N–H and O–H groups in total. The first-order valence-corrected chi connectivity index (χ1v) is 5.80. The number of carbonyl (C=O) groups excluding carboxylic acids is 1. The van der Waals surface area contributed by atoms with E-state index in [-0.39, 0.29) is 6.54 Å². The molecule has 0 aliphatic rings. The molecule has 1 aromatic rings. The van der Waals surface area contributed by atoms with Gasteiger partial charge in [0.2, 0.25) is 5.91 Å². The van der Waals surface area contributed by atoms with Crippen molar-refractivity contribution in [2.75, 3.05) is 30.4 Å². The maximum Gasteiger partial charge on any atom is 0.236 e. The summed E-state index contributed by atoms with van der Waals surface area (Å²) in [5, 5.41) is 3.82. The molecule has 0 bridgehead atoms. The summed E-state index contributed by atoms with van der Waals surface area (Å²) in [7, 11) is 1.68. The fourth-order valence-electron chi connectivity index (χ4n) is 1.32. The second kappa shape index (κ2) is 5.93. The van der Waals surface area contributed by atoms with Gasteiger partial charge in [0.1, 0.15) is 11.6 Å². The lowest BCUT2D eigenvalue weighted by molar-refractivity contribution is -0.116. The van der Waals surface area contributed by atoms with Gasteiger partial charge in [-0.3, -0.25) is 4.79 Å². The van der Waals surface area contributed by atoms with Crippen molar-refractivity contribution in [2.24, 2.45) is 5.73 Å². The number of carbonyl (C=O) groups is 1. The van der Waals surface area contributed by atoms with Gasteiger partial charge in [-0.1, -0.05) is 23.2 Å². The van der Waals surface area contributed by atoms with Crippen molar-refractivity contribution in [1.29, 1.82) is 0 Å². The van der Waals surface area contributed by atoms with E-state index in [9.17, 15) is 4.79 Å². The van der Waals surface area contributed by atoms with E-state index in [1.54, 1.807) is 18.0 Å². The average Bonchev–Trinajstić information content (AvgIpc) is 2.21. The normalized spacial score (nSPS) is 10.1. The lowest BCUT2D eigenvalue weighted by Crippen LogP contribution is -2.31. The highest BCUT2D eigenvalue weighted by Gasteiger charge is 2.13. The Morgan fingerprint density at radius 3 is 2.71 bits per heavy atom. The van der Waals surface area contributed by atoms with E-state index in [0.29, 0.717) is 28.2 Å². The van der Waals surface area contributed by atoms with E-state index in [4.69, 9.17) is 28.9 Å². The number of anilines is 2. The van der Waals surface area contributed by atoms with Gasteiger partial charge in [0.25, 0.3) is 0 Å². The molecule has 0 atom stereocenters. The number of hydrogen-bond donors (Lipinski definition) is 2. The van der Waals surface area contributed by atoms with E-state index in [2.05, 4.69) is 10.3 Å². The van der Waals surface area contributed by atoms with Crippen molar-refractivity contribution < 1.29 is 4.79 Å². The SMILES string of the molecule is CCNc1nc(N(C)CC(N)=O)c(Cl)cc1Cl. The minimum absolute atomic E-state index is 0.0416. The smallest absolute Gasteiger partial charge is 0.236 e. The van der Waals surface area contributed by atoms with Gasteiger partial charge in [-0.15, -0.1) is 0 Å². The Bertz CT molecular complexity index is 425. The number of primary amides is 1. The molecule has 0 spiro atoms. The zero-order chi connectivity index (χ0) is 13.0. The highest BCUT2D eigenvalue weighted by atomic mass is 35.5. The number of hydrogen-bond acceptors (Lipinski definition) is 4. The summed E-state index contributed by atoms with van der Waals surface area (Å²) in [6.07, 6.45) is 0. The molecule has 0 saturated heterocycles. The summed E-state index contributed by atoms with van der Waals surface area (Å²) in [4.78, 5) is 16.7. The third-order valence-electron chi connectivity index (χ3n) is 2.01. The van der Waals surface area contributed by atoms with E-state index in [1.807, 2.05) is 6.92 Å². The van der Waals surface area contributed by atoms with Crippen molar-refractivity contribution in [3.63, 3.8) is 0 Å². The van der Waals surface area contributed by atoms with Crippen molar-refractivity contribution in [1.82, 2.24) is 4.98 Å². The first kappa shape index (κ1) is 13.9. The van der Waals surface area contributed by atoms with E-state index < -0.39 is 5.91 Å². The van der Waals surface area contributed by atoms with Gasteiger partial charge in [-0.25, -0.2) is 4.98 Å². The van der Waals surface area contributed by atoms with Crippen LogP contribution in [0.25, 0.3) is 0 Å². The first-order valence-electron chi connectivity index (χ1n) is 5.05. The Balaban J connectivity index is 3.06. The molecule has 5 nitrogen and oxygen atoms in total. The molecule has 1 heterocycles. The monoisotopic (exact) mass is 276 g/mol. The molecular formula is C10H14Cl2N4O. The molecule has 0 aromatic carbocycles. The summed E-state index contributed by atoms with van der Waals surface area (Å²) in [5.41, 5.74) is 5.11. The van der Waals surface area contributed by atoms with Gasteiger partial charge in [0.15, 0.2) is 0 Å². The molecule has 1 rings (SSSR count). The Morgan fingerprint density at radius 2 is 2.18 bits per heavy atom. The number of rotatable bonds is 5. The van der Waals surface area contributed by atoms with Gasteiger partial charge in [-0.2, -0.15) is 0 Å². The molecule has 1 amide bonds. The van der Waals surface area contributed by atoms with Crippen LogP contribution in [-0.2, 0) is 4.79 Å². The summed E-state index contributed by atoms with van der Waals surface area (Å²) in [6.45, 7) is 2.66. The predicted molar refractivity (Wildman–Crippen MR) is 70.9 cm³/mol. The van der Waals surface area contributed by atoms with Crippen LogP contribution < -0.4 is 16.0 Å². The summed E-state index contributed by atoms with van der Waals surface area (Å²) in [5.74, 6) is 0.543. The number of nitrogens with one attached hydrogen (secondary N) is 1. The minimum atomic E-state index is -0.453. The fraction of sp³-hybridized carbons (Fsp3) is 0.400. The van der Waals surface area contributed by atoms with Gasteiger partial charge in [0, 0.05) is 13.6 Å². The van der Waals surface area contributed by atoms with Gasteiger partial charge in [0.05, 0.1) is 16.6 Å². The summed E-state index contributed by atoms with van der Waals surface area (Å²) in [6, 6.07) is 1.58. The van der Waals surface area contributed by atoms with Crippen molar-refractivity contribution >= 4 is 40.7 Å². The molecule has 0 aliphatic heterocycles. The Hall–Kier alpha value is -1.20. The molecule has 0 aliphatic carbocycles. The van der Waals surface area contributed by atoms with Crippen LogP contribution in [0.1, 0.15) is 6.92 Å². The van der Waals surface area contributed by atoms with Crippen LogP contribution in [-0.4, -0.2) is 31.0 Å². The van der Waals surface area contributed by atoms with E-state index >= 15 is 0 Å². The van der Waals surface area contributed by atoms with Crippen LogP contribution in [0.4, 0.5) is 11.6 Å². The number of nitrogens with two attached hydrogens (primary N) is 1. The number of likely N-dealkylation sites (N-methyl/N-ethyl adjacent to an activating group) is 1. The number of nitrogens with zero attached hydrogens (tertiary/aromatic N) is 2. The molecule has 1 aromatic heterocycles. The van der Waals surface area contributed by atoms with Crippen molar-refractivity contribution in [2.45, 2.75) is 6.92 Å². The zero-order valence-corrected chi connectivity index (χ0v) is 11.1. The lowest BCUT2D eigenvalue weighted by atomic mass is 10.4. The predicted octanol–water partition coefficient (Wildman–Crippen LogP) is 1.74. The number of pyridine rings is 1. The van der Waals surface area contributed by atoms with E-state index in [1.165, 1.54) is 0 Å². The Labute approximate surface area is 110 Å². The summed E-state index contributed by atoms with van der Waals surface area (Å²) >= 11 is 12.0. The highest BCUT2D eigenvalue weighted by Crippen LogP contribution is 2.30. The molecule has 17 heavy (non-hydrogen) atoms. The number of amides is 1. The number of aromatic nitrogens is 1. The second-order valence-corrected chi connectivity index (χ2v) is 4.29. The largest absolute Gasteiger partial charge is 0.369 e. The van der Waals surface area contributed by atoms with Crippen LogP contribution in [0.2, 0.25) is 10.0 Å². The summed E-state index contributed by atoms with van der Waals surface area (Å²) < 4.78 is 0. The van der Waals surface area contributed by atoms with Crippen molar-refractivity contribution in [3.8, 4) is 0 Å². The average molecular weight is 277 g/mol. The quantitative estimate of drug-likeness (QED) is 0.860. The molecule has 94 valence electrons. The molecule has 0 saturated carbocycles. The fourth-order valence-corrected chi connectivity index (χ4v) is 1.89. The second-order valence-electron chi connectivity index (χ2n) is 3.48. The topological polar surface area (TPSA) is 71.2 Å². The van der Waals surface area contributed by atoms with Gasteiger partial charge < -0.3 is 16.0 Å². The Kier molecular flexibility index (Phi) is 4.84. The third kappa shape index (κ3) is 3.64. The van der Waals surface area contributed by atoms with Crippen LogP contribution in [0.5, 0.6) is 0 Å². The van der Waals surface area contributed by atoms with Crippen LogP contribution in [0.3, 0.4) is 0 Å². The van der Waals surface area contributed by atoms with Crippen LogP contribution in [0, 0.1) is 0 Å². The molecule has 7 heteroatoms. The maximum absolute atomic E-state index is 10.8. The van der Waals surface area contributed by atoms with Crippen molar-refractivity contribution in [3.05, 3.63) is 16.1 Å². The maximum atomic E-state index is 10.8. The minimum Gasteiger partial charge on any atom is -0.369 e. The van der Waals surface area contributed by atoms with Gasteiger partial charge in [-0.05, 0) is 13.0 Å². The standard InChI is InChI=1S/C10H14Cl2N4O/c1-3-14-9-6(11)4-7(12)10(15-9)16(2)5-8(13)17/h4H,3,5H2,1-2H3,(H2,13,17)(H,14,15). The highest BCUT2D eigenvalue weighted by molar-refractivity contribution is 6.37. The lowest BCUT2D eigenvalue weighted by Gasteiger charge is -2.19. The van der Waals surface area contributed by atoms with Crippen LogP contribution >= 0.6 is 23.2 Å². The molecule has 0 fully saturated rings. The third-order valence-corrected chi connectivity index (χ3v) is 2.58. The van der Waals surface area contributed by atoms with Gasteiger partial charge >= 0.3 is 0 Å². The zero-order valence-electron chi connectivity index (χ0n) is 9.63. The molecule has 0 radical (unpaired) electrons. The van der Waals surface area contributed by atoms with Crippen LogP contribution in [0.15, 0.2) is 6.07 Å². The molecule has 0 unspecified atom stereocenters. The van der Waals surface area contributed by atoms with E-state index in [0.717, 1.165) is 0 Å².